The molecule has 118 valence electrons. The van der Waals surface area contributed by atoms with Crippen molar-refractivity contribution in [3.8, 4) is 5.75 Å². The molecule has 2 aliphatic rings. The molecule has 0 saturated carbocycles. The van der Waals surface area contributed by atoms with E-state index in [1.807, 2.05) is 12.1 Å². The first-order valence-corrected chi connectivity index (χ1v) is 9.11. The van der Waals surface area contributed by atoms with Crippen LogP contribution in [0.2, 0.25) is 0 Å². The van der Waals surface area contributed by atoms with Gasteiger partial charge in [0, 0.05) is 11.3 Å². The molecule has 0 unspecified atom stereocenters. The number of benzene rings is 1. The maximum absolute atomic E-state index is 12.8. The van der Waals surface area contributed by atoms with Crippen LogP contribution in [0, 0.1) is 11.3 Å². The molecule has 0 radical (unpaired) electrons. The van der Waals surface area contributed by atoms with E-state index in [1.165, 1.54) is 11.1 Å². The van der Waals surface area contributed by atoms with E-state index < -0.39 is 0 Å². The number of phenols is 1. The fourth-order valence-corrected chi connectivity index (χ4v) is 5.29. The minimum absolute atomic E-state index is 0.0575. The number of fused-ring (bicyclic) bond motifs is 3. The largest absolute Gasteiger partial charge is 0.508 e. The molecule has 1 aromatic rings. The fraction of sp³-hybridized carbons (Fsp3) is 0.526. The summed E-state index contributed by atoms with van der Waals surface area (Å²) < 4.78 is 0.784. The second-order valence-corrected chi connectivity index (χ2v) is 7.47. The van der Waals surface area contributed by atoms with Crippen LogP contribution in [0.25, 0.3) is 5.57 Å². The van der Waals surface area contributed by atoms with Crippen molar-refractivity contribution in [1.82, 2.24) is 0 Å². The summed E-state index contributed by atoms with van der Waals surface area (Å²) in [4.78, 5) is 12.8. The maximum atomic E-state index is 12.8. The third-order valence-electron chi connectivity index (χ3n) is 5.34. The minimum Gasteiger partial charge on any atom is -0.508 e. The average molecular weight is 363 g/mol. The smallest absolute Gasteiger partial charge is 0.174 e. The standard InChI is InChI=1S/C19H23BrO2/c1-3-5-9-19-11-12-10-13(21)7-8-14(12)16(19)17(20)18(22)15(19)6-4-2/h7-8,10,15,21H,3-6,9,11H2,1-2H3/t15-,19-/m1/s1. The van der Waals surface area contributed by atoms with E-state index in [-0.39, 0.29) is 17.1 Å². The van der Waals surface area contributed by atoms with E-state index >= 15 is 0 Å². The molecule has 3 rings (SSSR count). The number of carbonyl (C=O) groups excluding carboxylic acids is 1. The van der Waals surface area contributed by atoms with Gasteiger partial charge in [-0.15, -0.1) is 0 Å². The second kappa shape index (κ2) is 5.84. The Kier molecular flexibility index (Phi) is 4.19. The number of hydrogen-bond acceptors (Lipinski definition) is 2. The van der Waals surface area contributed by atoms with Crippen molar-refractivity contribution in [3.63, 3.8) is 0 Å². The highest BCUT2D eigenvalue weighted by Crippen LogP contribution is 2.62. The van der Waals surface area contributed by atoms with Crippen LogP contribution < -0.4 is 0 Å². The Morgan fingerprint density at radius 3 is 2.77 bits per heavy atom. The van der Waals surface area contributed by atoms with Gasteiger partial charge in [-0.2, -0.15) is 0 Å². The van der Waals surface area contributed by atoms with Crippen LogP contribution in [0.4, 0.5) is 0 Å². The van der Waals surface area contributed by atoms with Gasteiger partial charge in [-0.05, 0) is 64.0 Å². The third kappa shape index (κ3) is 2.17. The number of hydrogen-bond donors (Lipinski definition) is 1. The molecule has 2 nitrogen and oxygen atoms in total. The predicted molar refractivity (Wildman–Crippen MR) is 93.0 cm³/mol. The molecule has 22 heavy (non-hydrogen) atoms. The number of carbonyl (C=O) groups is 1. The maximum Gasteiger partial charge on any atom is 0.174 e. The summed E-state index contributed by atoms with van der Waals surface area (Å²) in [5.41, 5.74) is 3.50. The number of phenolic OH excluding ortho intramolecular Hbond substituents is 1. The summed E-state index contributed by atoms with van der Waals surface area (Å²) in [6.45, 7) is 4.36. The first-order chi connectivity index (χ1) is 10.5. The average Bonchev–Trinajstić information content (AvgIpc) is 2.91. The zero-order chi connectivity index (χ0) is 15.9. The lowest BCUT2D eigenvalue weighted by Crippen LogP contribution is -2.31. The molecule has 0 aliphatic heterocycles. The molecule has 0 heterocycles. The quantitative estimate of drug-likeness (QED) is 0.778. The Morgan fingerprint density at radius 1 is 1.32 bits per heavy atom. The van der Waals surface area contributed by atoms with Crippen LogP contribution in [0.15, 0.2) is 22.7 Å². The monoisotopic (exact) mass is 362 g/mol. The number of unbranched alkanes of at least 4 members (excludes halogenated alkanes) is 1. The Labute approximate surface area is 140 Å². The van der Waals surface area contributed by atoms with Gasteiger partial charge in [0.2, 0.25) is 0 Å². The summed E-state index contributed by atoms with van der Waals surface area (Å²) in [7, 11) is 0. The van der Waals surface area contributed by atoms with Crippen molar-refractivity contribution in [1.29, 1.82) is 0 Å². The zero-order valence-corrected chi connectivity index (χ0v) is 14.9. The van der Waals surface area contributed by atoms with E-state index in [0.717, 1.165) is 48.6 Å². The van der Waals surface area contributed by atoms with Gasteiger partial charge in [-0.1, -0.05) is 39.2 Å². The number of aromatic hydroxyl groups is 1. The molecule has 1 N–H and O–H groups in total. The van der Waals surface area contributed by atoms with Crippen molar-refractivity contribution in [2.24, 2.45) is 11.3 Å². The van der Waals surface area contributed by atoms with Crippen LogP contribution in [-0.4, -0.2) is 10.9 Å². The molecule has 0 aromatic heterocycles. The molecule has 0 bridgehead atoms. The second-order valence-electron chi connectivity index (χ2n) is 6.67. The van der Waals surface area contributed by atoms with Crippen LogP contribution in [0.5, 0.6) is 5.75 Å². The highest BCUT2D eigenvalue weighted by atomic mass is 79.9. The van der Waals surface area contributed by atoms with Crippen molar-refractivity contribution in [2.75, 3.05) is 0 Å². The molecule has 0 saturated heterocycles. The van der Waals surface area contributed by atoms with Crippen molar-refractivity contribution in [3.05, 3.63) is 33.8 Å². The van der Waals surface area contributed by atoms with Gasteiger partial charge in [0.1, 0.15) is 5.75 Å². The SMILES string of the molecule is CCCC[C@]12Cc3cc(O)ccc3C1=C(Br)C(=O)[C@H]2CCC. The van der Waals surface area contributed by atoms with Gasteiger partial charge in [0.25, 0.3) is 0 Å². The Balaban J connectivity index is 2.14. The predicted octanol–water partition coefficient (Wildman–Crippen LogP) is 5.23. The van der Waals surface area contributed by atoms with Crippen molar-refractivity contribution >= 4 is 27.3 Å². The molecule has 2 aliphatic carbocycles. The Morgan fingerprint density at radius 2 is 2.09 bits per heavy atom. The van der Waals surface area contributed by atoms with Crippen LogP contribution in [0.1, 0.15) is 57.1 Å². The Bertz CT molecular complexity index is 647. The highest BCUT2D eigenvalue weighted by Gasteiger charge is 2.55. The molecule has 0 fully saturated rings. The van der Waals surface area contributed by atoms with E-state index in [4.69, 9.17) is 0 Å². The van der Waals surface area contributed by atoms with Gasteiger partial charge in [-0.3, -0.25) is 4.79 Å². The normalized spacial score (nSPS) is 26.5. The van der Waals surface area contributed by atoms with E-state index in [1.54, 1.807) is 6.07 Å². The molecule has 1 aromatic carbocycles. The van der Waals surface area contributed by atoms with Gasteiger partial charge in [0.15, 0.2) is 5.78 Å². The molecule has 2 atom stereocenters. The lowest BCUT2D eigenvalue weighted by Gasteiger charge is -2.33. The topological polar surface area (TPSA) is 37.3 Å². The van der Waals surface area contributed by atoms with E-state index in [9.17, 15) is 9.90 Å². The summed E-state index contributed by atoms with van der Waals surface area (Å²) >= 11 is 3.60. The number of rotatable bonds is 5. The van der Waals surface area contributed by atoms with Gasteiger partial charge in [-0.25, -0.2) is 0 Å². The molecular formula is C19H23BrO2. The van der Waals surface area contributed by atoms with Crippen LogP contribution in [-0.2, 0) is 11.2 Å². The van der Waals surface area contributed by atoms with E-state index in [0.29, 0.717) is 5.75 Å². The number of Topliss-reactive ketones (excluding diaryl/α,β-unsaturated/α-hetero) is 1. The lowest BCUT2D eigenvalue weighted by atomic mass is 9.68. The molecular weight excluding hydrogens is 340 g/mol. The number of ketones is 1. The van der Waals surface area contributed by atoms with Crippen molar-refractivity contribution in [2.45, 2.75) is 52.4 Å². The van der Waals surface area contributed by atoms with Crippen LogP contribution in [0.3, 0.4) is 0 Å². The highest BCUT2D eigenvalue weighted by molar-refractivity contribution is 9.12. The zero-order valence-electron chi connectivity index (χ0n) is 13.3. The van der Waals surface area contributed by atoms with Gasteiger partial charge >= 0.3 is 0 Å². The summed E-state index contributed by atoms with van der Waals surface area (Å²) in [6.07, 6.45) is 6.19. The lowest BCUT2D eigenvalue weighted by molar-refractivity contribution is -0.120. The third-order valence-corrected chi connectivity index (χ3v) is 6.12. The summed E-state index contributed by atoms with van der Waals surface area (Å²) in [6, 6.07) is 5.60. The number of halogens is 1. The number of allylic oxidation sites excluding steroid dienone is 2. The van der Waals surface area contributed by atoms with Gasteiger partial charge < -0.3 is 5.11 Å². The molecule has 0 amide bonds. The summed E-state index contributed by atoms with van der Waals surface area (Å²) in [5.74, 6) is 0.689. The van der Waals surface area contributed by atoms with E-state index in [2.05, 4.69) is 29.8 Å². The van der Waals surface area contributed by atoms with Crippen LogP contribution >= 0.6 is 15.9 Å². The minimum atomic E-state index is -0.0575. The fourth-order valence-electron chi connectivity index (χ4n) is 4.40. The summed E-state index contributed by atoms with van der Waals surface area (Å²) in [5, 5.41) is 9.81. The van der Waals surface area contributed by atoms with Gasteiger partial charge in [0.05, 0.1) is 4.48 Å². The molecule has 0 spiro atoms. The molecule has 3 heteroatoms. The van der Waals surface area contributed by atoms with Crippen molar-refractivity contribution < 1.29 is 9.90 Å². The Hall–Kier alpha value is -1.09. The first kappa shape index (κ1) is 15.8. The first-order valence-electron chi connectivity index (χ1n) is 8.32.